The molecule has 1 fully saturated rings. The van der Waals surface area contributed by atoms with Gasteiger partial charge in [0.15, 0.2) is 0 Å². The van der Waals surface area contributed by atoms with Crippen LogP contribution >= 0.6 is 22.7 Å². The number of carbonyl (C=O) groups is 2. The molecule has 28 heavy (non-hydrogen) atoms. The van der Waals surface area contributed by atoms with Gasteiger partial charge in [0.1, 0.15) is 10.7 Å². The molecule has 3 aromatic rings. The number of amides is 3. The number of aryl methyl sites for hydroxylation is 1. The summed E-state index contributed by atoms with van der Waals surface area (Å²) in [7, 11) is 0. The second kappa shape index (κ2) is 8.12. The number of rotatable bonds is 3. The van der Waals surface area contributed by atoms with E-state index in [0.29, 0.717) is 31.9 Å². The number of carbonyl (C=O) groups excluding carboxylic acids is 2. The fourth-order valence-electron chi connectivity index (χ4n) is 3.09. The molecule has 0 aliphatic carbocycles. The number of hydrogen-bond acceptors (Lipinski definition) is 5. The molecule has 4 rings (SSSR count). The first-order valence-corrected chi connectivity index (χ1v) is 10.8. The number of piperazine rings is 1. The minimum absolute atomic E-state index is 0.0727. The highest BCUT2D eigenvalue weighted by molar-refractivity contribution is 7.14. The Hall–Kier alpha value is -2.71. The van der Waals surface area contributed by atoms with Crippen molar-refractivity contribution < 1.29 is 9.59 Å². The van der Waals surface area contributed by atoms with Gasteiger partial charge in [-0.25, -0.2) is 9.78 Å². The van der Waals surface area contributed by atoms with Crippen LogP contribution in [0.2, 0.25) is 0 Å². The molecule has 3 amide bonds. The summed E-state index contributed by atoms with van der Waals surface area (Å²) in [4.78, 5) is 33.2. The maximum absolute atomic E-state index is 12.7. The Morgan fingerprint density at radius 3 is 2.57 bits per heavy atom. The minimum Gasteiger partial charge on any atom is -0.334 e. The third-order valence-corrected chi connectivity index (χ3v) is 6.19. The van der Waals surface area contributed by atoms with Gasteiger partial charge in [-0.3, -0.25) is 4.79 Å². The summed E-state index contributed by atoms with van der Waals surface area (Å²) in [6.45, 7) is 4.01. The molecule has 6 nitrogen and oxygen atoms in total. The lowest BCUT2D eigenvalue weighted by Gasteiger charge is -2.34. The Morgan fingerprint density at radius 2 is 1.86 bits per heavy atom. The van der Waals surface area contributed by atoms with Crippen LogP contribution < -0.4 is 5.32 Å². The first kappa shape index (κ1) is 18.6. The van der Waals surface area contributed by atoms with E-state index in [1.165, 1.54) is 11.3 Å². The predicted octanol–water partition coefficient (Wildman–Crippen LogP) is 4.17. The zero-order valence-electron chi connectivity index (χ0n) is 15.4. The minimum atomic E-state index is -0.133. The fourth-order valence-corrected chi connectivity index (χ4v) is 4.60. The summed E-state index contributed by atoms with van der Waals surface area (Å²) in [5.41, 5.74) is 3.40. The Morgan fingerprint density at radius 1 is 1.07 bits per heavy atom. The molecule has 8 heteroatoms. The van der Waals surface area contributed by atoms with Gasteiger partial charge in [-0.05, 0) is 36.1 Å². The number of nitrogens with zero attached hydrogens (tertiary/aromatic N) is 3. The van der Waals surface area contributed by atoms with Crippen LogP contribution in [0.3, 0.4) is 0 Å². The Kier molecular flexibility index (Phi) is 5.40. The average Bonchev–Trinajstić information content (AvgIpc) is 3.39. The lowest BCUT2D eigenvalue weighted by Crippen LogP contribution is -2.51. The van der Waals surface area contributed by atoms with Gasteiger partial charge in [-0.15, -0.1) is 11.3 Å². The smallest absolute Gasteiger partial charge is 0.321 e. The summed E-state index contributed by atoms with van der Waals surface area (Å²) < 4.78 is 0. The van der Waals surface area contributed by atoms with Crippen molar-refractivity contribution in [3.05, 3.63) is 57.7 Å². The number of benzene rings is 1. The quantitative estimate of drug-likeness (QED) is 0.702. The van der Waals surface area contributed by atoms with E-state index in [0.717, 1.165) is 21.8 Å². The van der Waals surface area contributed by atoms with Crippen molar-refractivity contribution >= 4 is 40.3 Å². The van der Waals surface area contributed by atoms with Crippen molar-refractivity contribution in [3.63, 3.8) is 0 Å². The zero-order valence-corrected chi connectivity index (χ0v) is 17.1. The molecule has 0 atom stereocenters. The van der Waals surface area contributed by atoms with Gasteiger partial charge in [0.2, 0.25) is 0 Å². The fraction of sp³-hybridized carbons (Fsp3) is 0.250. The number of thiazole rings is 1. The van der Waals surface area contributed by atoms with Crippen LogP contribution in [0.4, 0.5) is 10.5 Å². The van der Waals surface area contributed by atoms with Crippen LogP contribution in [0.25, 0.3) is 10.6 Å². The van der Waals surface area contributed by atoms with Crippen molar-refractivity contribution in [2.75, 3.05) is 31.5 Å². The standard InChI is InChI=1S/C20H20N4O2S2/c1-14-3-2-4-16(11-14)21-20(26)24-8-6-23(7-9-24)19(25)17-13-28-18(22-17)15-5-10-27-12-15/h2-5,10-13H,6-9H2,1H3,(H,21,26). The largest absolute Gasteiger partial charge is 0.334 e. The lowest BCUT2D eigenvalue weighted by molar-refractivity contribution is 0.0667. The molecule has 0 unspecified atom stereocenters. The third-order valence-electron chi connectivity index (χ3n) is 4.61. The maximum atomic E-state index is 12.7. The summed E-state index contributed by atoms with van der Waals surface area (Å²) in [6, 6.07) is 9.58. The highest BCUT2D eigenvalue weighted by Crippen LogP contribution is 2.26. The van der Waals surface area contributed by atoms with Crippen LogP contribution in [-0.2, 0) is 0 Å². The monoisotopic (exact) mass is 412 g/mol. The molecule has 144 valence electrons. The molecular weight excluding hydrogens is 392 g/mol. The van der Waals surface area contributed by atoms with Gasteiger partial charge in [0, 0.05) is 48.2 Å². The van der Waals surface area contributed by atoms with Gasteiger partial charge in [0.05, 0.1) is 0 Å². The van der Waals surface area contributed by atoms with Crippen molar-refractivity contribution in [1.29, 1.82) is 0 Å². The van der Waals surface area contributed by atoms with Gasteiger partial charge in [-0.2, -0.15) is 11.3 Å². The number of urea groups is 1. The molecule has 1 saturated heterocycles. The summed E-state index contributed by atoms with van der Waals surface area (Å²) >= 11 is 3.09. The average molecular weight is 413 g/mol. The number of hydrogen-bond donors (Lipinski definition) is 1. The molecular formula is C20H20N4O2S2. The second-order valence-electron chi connectivity index (χ2n) is 6.63. The lowest BCUT2D eigenvalue weighted by atomic mass is 10.2. The first-order chi connectivity index (χ1) is 13.6. The van der Waals surface area contributed by atoms with E-state index < -0.39 is 0 Å². The third kappa shape index (κ3) is 4.07. The second-order valence-corrected chi connectivity index (χ2v) is 8.27. The molecule has 2 aromatic heterocycles. The van der Waals surface area contributed by atoms with Crippen molar-refractivity contribution in [2.24, 2.45) is 0 Å². The van der Waals surface area contributed by atoms with Crippen LogP contribution in [-0.4, -0.2) is 52.9 Å². The highest BCUT2D eigenvalue weighted by Gasteiger charge is 2.26. The summed E-state index contributed by atoms with van der Waals surface area (Å²) in [5.74, 6) is -0.0727. The van der Waals surface area contributed by atoms with Crippen molar-refractivity contribution in [2.45, 2.75) is 6.92 Å². The Bertz CT molecular complexity index is 976. The maximum Gasteiger partial charge on any atom is 0.321 e. The number of thiophene rings is 1. The van der Waals surface area contributed by atoms with E-state index in [-0.39, 0.29) is 11.9 Å². The Balaban J connectivity index is 1.33. The molecule has 1 aliphatic rings. The number of nitrogens with one attached hydrogen (secondary N) is 1. The molecule has 0 spiro atoms. The van der Waals surface area contributed by atoms with Gasteiger partial charge >= 0.3 is 6.03 Å². The molecule has 1 aromatic carbocycles. The van der Waals surface area contributed by atoms with Crippen LogP contribution in [0, 0.1) is 6.92 Å². The van der Waals surface area contributed by atoms with E-state index in [4.69, 9.17) is 0 Å². The molecule has 0 saturated carbocycles. The van der Waals surface area contributed by atoms with E-state index >= 15 is 0 Å². The van der Waals surface area contributed by atoms with Gasteiger partial charge < -0.3 is 15.1 Å². The van der Waals surface area contributed by atoms with Crippen LogP contribution in [0.1, 0.15) is 16.1 Å². The number of aromatic nitrogens is 1. The Labute approximate surface area is 171 Å². The van der Waals surface area contributed by atoms with E-state index in [1.807, 2.05) is 53.4 Å². The predicted molar refractivity (Wildman–Crippen MR) is 113 cm³/mol. The van der Waals surface area contributed by atoms with Crippen LogP contribution in [0.15, 0.2) is 46.5 Å². The van der Waals surface area contributed by atoms with Gasteiger partial charge in [-0.1, -0.05) is 12.1 Å². The molecule has 1 aliphatic heterocycles. The van der Waals surface area contributed by atoms with E-state index in [9.17, 15) is 9.59 Å². The molecule has 3 heterocycles. The highest BCUT2D eigenvalue weighted by atomic mass is 32.1. The van der Waals surface area contributed by atoms with Gasteiger partial charge in [0.25, 0.3) is 5.91 Å². The summed E-state index contributed by atoms with van der Waals surface area (Å²) in [6.07, 6.45) is 0. The zero-order chi connectivity index (χ0) is 19.5. The molecule has 0 bridgehead atoms. The molecule has 1 N–H and O–H groups in total. The van der Waals surface area contributed by atoms with E-state index in [1.54, 1.807) is 21.1 Å². The first-order valence-electron chi connectivity index (χ1n) is 9.00. The normalized spacial score (nSPS) is 14.2. The van der Waals surface area contributed by atoms with E-state index in [2.05, 4.69) is 10.3 Å². The van der Waals surface area contributed by atoms with Crippen molar-refractivity contribution in [3.8, 4) is 10.6 Å². The SMILES string of the molecule is Cc1cccc(NC(=O)N2CCN(C(=O)c3csc(-c4ccsc4)n3)CC2)c1. The summed E-state index contributed by atoms with van der Waals surface area (Å²) in [5, 5.41) is 9.62. The van der Waals surface area contributed by atoms with Crippen molar-refractivity contribution in [1.82, 2.24) is 14.8 Å². The molecule has 0 radical (unpaired) electrons. The van der Waals surface area contributed by atoms with Crippen LogP contribution in [0.5, 0.6) is 0 Å². The number of anilines is 1. The topological polar surface area (TPSA) is 65.5 Å².